The monoisotopic (exact) mass is 795 g/mol. The number of non-ortho nitro benzene ring substituents is 1. The summed E-state index contributed by atoms with van der Waals surface area (Å²) in [4.78, 5) is 55.1. The van der Waals surface area contributed by atoms with Crippen molar-refractivity contribution in [3.05, 3.63) is 117 Å². The molecule has 0 N–H and O–H groups in total. The van der Waals surface area contributed by atoms with Gasteiger partial charge in [0, 0.05) is 16.6 Å². The molecule has 0 unspecified atom stereocenters. The Morgan fingerprint density at radius 1 is 1.00 bits per heavy atom. The molecule has 5 rings (SSSR count). The first-order valence-electron chi connectivity index (χ1n) is 15.9. The van der Waals surface area contributed by atoms with E-state index in [9.17, 15) is 24.5 Å². The largest absolute Gasteiger partial charge is 0.493 e. The average molecular weight is 797 g/mol. The number of carbonyl (C=O) groups is 2. The van der Waals surface area contributed by atoms with Crippen molar-refractivity contribution in [2.45, 2.75) is 33.4 Å². The van der Waals surface area contributed by atoms with Gasteiger partial charge in [-0.15, -0.1) is 0 Å². The van der Waals surface area contributed by atoms with E-state index in [1.165, 1.54) is 30.9 Å². The Labute approximate surface area is 309 Å². The highest BCUT2D eigenvalue weighted by Crippen LogP contribution is 2.37. The normalized spacial score (nSPS) is 13.9. The summed E-state index contributed by atoms with van der Waals surface area (Å²) < 4.78 is 35.4. The number of ether oxygens (including phenoxy) is 6. The maximum absolute atomic E-state index is 14.3. The number of nitrogens with zero attached hydrogens (tertiary/aromatic N) is 3. The maximum Gasteiger partial charge on any atom is 0.343 e. The standard InChI is InChI=1S/C36H34BrN3O11S/c1-6-48-28-14-22(11-12-26(28)51-19-31(41)47-5)33-32(35(43)49-7-2)20(3)38-36-39(33)34(42)30(52-36)16-23-15-27(46-4)29(17-25(23)37)50-18-21-9-8-10-24(13-21)40(44)45/h8-17,33H,6-7,18-19H2,1-5H3/b30-16-/t33-/m1/s1. The van der Waals surface area contributed by atoms with E-state index in [-0.39, 0.29) is 43.4 Å². The van der Waals surface area contributed by atoms with Gasteiger partial charge in [0.2, 0.25) is 0 Å². The first-order valence-corrected chi connectivity index (χ1v) is 17.5. The van der Waals surface area contributed by atoms with Crippen LogP contribution in [0.1, 0.15) is 43.5 Å². The van der Waals surface area contributed by atoms with E-state index in [0.29, 0.717) is 53.4 Å². The van der Waals surface area contributed by atoms with Crippen molar-refractivity contribution >= 4 is 51.0 Å². The van der Waals surface area contributed by atoms with Gasteiger partial charge in [-0.25, -0.2) is 14.6 Å². The van der Waals surface area contributed by atoms with Gasteiger partial charge < -0.3 is 28.4 Å². The quantitative estimate of drug-likeness (QED) is 0.0957. The van der Waals surface area contributed by atoms with Gasteiger partial charge >= 0.3 is 11.9 Å². The number of methoxy groups -OCH3 is 2. The van der Waals surface area contributed by atoms with Crippen molar-refractivity contribution in [3.8, 4) is 23.0 Å². The molecule has 14 nitrogen and oxygen atoms in total. The summed E-state index contributed by atoms with van der Waals surface area (Å²) in [7, 11) is 2.73. The Morgan fingerprint density at radius 2 is 1.77 bits per heavy atom. The summed E-state index contributed by atoms with van der Waals surface area (Å²) >= 11 is 4.71. The highest BCUT2D eigenvalue weighted by Gasteiger charge is 2.34. The fourth-order valence-electron chi connectivity index (χ4n) is 5.38. The summed E-state index contributed by atoms with van der Waals surface area (Å²) in [5, 5.41) is 11.2. The second kappa shape index (κ2) is 16.7. The van der Waals surface area contributed by atoms with Crippen LogP contribution in [-0.4, -0.2) is 55.5 Å². The Bertz CT molecular complexity index is 2250. The lowest BCUT2D eigenvalue weighted by Crippen LogP contribution is -2.40. The second-order valence-electron chi connectivity index (χ2n) is 11.0. The minimum Gasteiger partial charge on any atom is -0.493 e. The number of esters is 2. The molecule has 3 aromatic carbocycles. The number of hydrogen-bond acceptors (Lipinski definition) is 13. The molecule has 0 saturated heterocycles. The van der Waals surface area contributed by atoms with Crippen LogP contribution in [0.4, 0.5) is 5.69 Å². The van der Waals surface area contributed by atoms with E-state index < -0.39 is 28.5 Å². The maximum atomic E-state index is 14.3. The van der Waals surface area contributed by atoms with E-state index in [1.807, 2.05) is 0 Å². The molecule has 1 aromatic heterocycles. The third kappa shape index (κ3) is 8.18. The zero-order chi connectivity index (χ0) is 37.5. The van der Waals surface area contributed by atoms with E-state index >= 15 is 0 Å². The molecule has 0 bridgehead atoms. The van der Waals surface area contributed by atoms with Crippen molar-refractivity contribution in [3.63, 3.8) is 0 Å². The SMILES string of the molecule is CCOC(=O)C1=C(C)N=c2s/c(=C\c3cc(OC)c(OCc4cccc([N+](=O)[O-])c4)cc3Br)c(=O)n2[C@@H]1c1ccc(OCC(=O)OC)c(OCC)c1. The van der Waals surface area contributed by atoms with Gasteiger partial charge in [0.15, 0.2) is 34.4 Å². The van der Waals surface area contributed by atoms with Gasteiger partial charge in [0.1, 0.15) is 6.61 Å². The molecule has 16 heteroatoms. The first kappa shape index (κ1) is 37.8. The van der Waals surface area contributed by atoms with Gasteiger partial charge in [0.05, 0.1) is 54.2 Å². The van der Waals surface area contributed by atoms with Crippen LogP contribution >= 0.6 is 27.3 Å². The fourth-order valence-corrected chi connectivity index (χ4v) is 6.86. The summed E-state index contributed by atoms with van der Waals surface area (Å²) in [6.07, 6.45) is 1.68. The topological polar surface area (TPSA) is 167 Å². The third-order valence-electron chi connectivity index (χ3n) is 7.76. The molecule has 0 radical (unpaired) electrons. The minimum atomic E-state index is -0.936. The number of allylic oxidation sites excluding steroid dienone is 1. The molecule has 272 valence electrons. The van der Waals surface area contributed by atoms with E-state index in [4.69, 9.17) is 23.7 Å². The second-order valence-corrected chi connectivity index (χ2v) is 12.9. The molecule has 1 aliphatic rings. The molecule has 1 atom stereocenters. The van der Waals surface area contributed by atoms with Crippen LogP contribution in [0.2, 0.25) is 0 Å². The highest BCUT2D eigenvalue weighted by molar-refractivity contribution is 9.10. The van der Waals surface area contributed by atoms with Gasteiger partial charge in [0.25, 0.3) is 11.2 Å². The summed E-state index contributed by atoms with van der Waals surface area (Å²) in [6.45, 7) is 5.25. The molecule has 52 heavy (non-hydrogen) atoms. The lowest BCUT2D eigenvalue weighted by molar-refractivity contribution is -0.384. The zero-order valence-electron chi connectivity index (χ0n) is 28.8. The van der Waals surface area contributed by atoms with Crippen molar-refractivity contribution in [2.24, 2.45) is 4.99 Å². The van der Waals surface area contributed by atoms with Crippen LogP contribution in [0.15, 0.2) is 80.1 Å². The molecule has 0 amide bonds. The number of aromatic nitrogens is 1. The number of carbonyl (C=O) groups excluding carboxylic acids is 2. The molecule has 0 aliphatic carbocycles. The van der Waals surface area contributed by atoms with E-state index in [2.05, 4.69) is 25.7 Å². The van der Waals surface area contributed by atoms with Crippen LogP contribution in [-0.2, 0) is 25.7 Å². The minimum absolute atomic E-state index is 0.0470. The van der Waals surface area contributed by atoms with Crippen LogP contribution in [0.3, 0.4) is 0 Å². The van der Waals surface area contributed by atoms with Gasteiger partial charge in [-0.3, -0.25) is 19.5 Å². The van der Waals surface area contributed by atoms with Crippen LogP contribution in [0.25, 0.3) is 6.08 Å². The molecule has 0 spiro atoms. The zero-order valence-corrected chi connectivity index (χ0v) is 31.2. The lowest BCUT2D eigenvalue weighted by atomic mass is 9.95. The number of fused-ring (bicyclic) bond motifs is 1. The molecule has 2 heterocycles. The number of thiazole rings is 1. The number of hydrogen-bond donors (Lipinski definition) is 0. The number of benzene rings is 3. The van der Waals surface area contributed by atoms with Crippen LogP contribution in [0.5, 0.6) is 23.0 Å². The Balaban J connectivity index is 1.57. The van der Waals surface area contributed by atoms with E-state index in [1.54, 1.807) is 69.3 Å². The Hall–Kier alpha value is -5.48. The molecular formula is C36H34BrN3O11S. The highest BCUT2D eigenvalue weighted by atomic mass is 79.9. The van der Waals surface area contributed by atoms with E-state index in [0.717, 1.165) is 11.3 Å². The lowest BCUT2D eigenvalue weighted by Gasteiger charge is -2.25. The van der Waals surface area contributed by atoms with Gasteiger partial charge in [-0.2, -0.15) is 0 Å². The predicted molar refractivity (Wildman–Crippen MR) is 194 cm³/mol. The van der Waals surface area contributed by atoms with Crippen LogP contribution < -0.4 is 33.8 Å². The van der Waals surface area contributed by atoms with Gasteiger partial charge in [-0.1, -0.05) is 45.5 Å². The molecular weight excluding hydrogens is 762 g/mol. The molecule has 0 saturated carbocycles. The average Bonchev–Trinajstić information content (AvgIpc) is 3.43. The molecule has 1 aliphatic heterocycles. The summed E-state index contributed by atoms with van der Waals surface area (Å²) in [5.41, 5.74) is 1.81. The fraction of sp³-hybridized carbons (Fsp3) is 0.278. The number of nitro benzene ring substituents is 1. The van der Waals surface area contributed by atoms with Crippen molar-refractivity contribution in [2.75, 3.05) is 34.0 Å². The number of rotatable bonds is 14. The molecule has 0 fully saturated rings. The number of halogens is 1. The summed E-state index contributed by atoms with van der Waals surface area (Å²) in [5.74, 6) is 0.113. The Kier molecular flexibility index (Phi) is 12.1. The summed E-state index contributed by atoms with van der Waals surface area (Å²) in [6, 6.07) is 13.5. The predicted octanol–water partition coefficient (Wildman–Crippen LogP) is 5.01. The van der Waals surface area contributed by atoms with Gasteiger partial charge in [-0.05, 0) is 67.8 Å². The Morgan fingerprint density at radius 3 is 2.46 bits per heavy atom. The van der Waals surface area contributed by atoms with Crippen molar-refractivity contribution in [1.82, 2.24) is 4.57 Å². The third-order valence-corrected chi connectivity index (χ3v) is 9.43. The smallest absolute Gasteiger partial charge is 0.343 e. The number of nitro groups is 1. The van der Waals surface area contributed by atoms with Crippen molar-refractivity contribution in [1.29, 1.82) is 0 Å². The van der Waals surface area contributed by atoms with Crippen molar-refractivity contribution < 1.29 is 42.9 Å². The molecule has 4 aromatic rings. The first-order chi connectivity index (χ1) is 25.0. The van der Waals surface area contributed by atoms with Crippen LogP contribution in [0, 0.1) is 10.1 Å².